The topological polar surface area (TPSA) is 17.1 Å². The van der Waals surface area contributed by atoms with Gasteiger partial charge in [-0.2, -0.15) is 0 Å². The summed E-state index contributed by atoms with van der Waals surface area (Å²) in [5, 5.41) is 0. The maximum Gasteiger partial charge on any atom is 0.120 e. The first-order valence-electron chi connectivity index (χ1n) is 3.31. The summed E-state index contributed by atoms with van der Waals surface area (Å²) >= 11 is 0. The minimum absolute atomic E-state index is 0.0602. The number of carbonyl (C=O) groups is 1. The molecule has 1 fully saturated rings. The van der Waals surface area contributed by atoms with E-state index < -0.39 is 5.67 Å². The maximum absolute atomic E-state index is 12.9. The fourth-order valence-corrected chi connectivity index (χ4v) is 0.968. The van der Waals surface area contributed by atoms with E-state index in [4.69, 9.17) is 0 Å². The van der Waals surface area contributed by atoms with Gasteiger partial charge in [0.1, 0.15) is 12.0 Å². The standard InChI is InChI=1S/C7H11FO/c1-6(2-5-9)7(8)3-4-7/h5-6H,2-4H2,1H3. The predicted molar refractivity (Wildman–Crippen MR) is 32.9 cm³/mol. The molecule has 0 aromatic heterocycles. The molecule has 1 aliphatic carbocycles. The summed E-state index contributed by atoms with van der Waals surface area (Å²) in [5.74, 6) is -0.0602. The van der Waals surface area contributed by atoms with Gasteiger partial charge in [-0.15, -0.1) is 0 Å². The van der Waals surface area contributed by atoms with Gasteiger partial charge in [0.25, 0.3) is 0 Å². The minimum atomic E-state index is -0.971. The fraction of sp³-hybridized carbons (Fsp3) is 0.857. The summed E-state index contributed by atoms with van der Waals surface area (Å²) in [4.78, 5) is 9.92. The van der Waals surface area contributed by atoms with Crippen LogP contribution in [-0.2, 0) is 4.79 Å². The molecule has 1 atom stereocenters. The number of hydrogen-bond donors (Lipinski definition) is 0. The summed E-state index contributed by atoms with van der Waals surface area (Å²) in [6.07, 6.45) is 2.48. The lowest BCUT2D eigenvalue weighted by atomic mass is 10.0. The number of rotatable bonds is 3. The molecule has 0 heterocycles. The Bertz CT molecular complexity index is 118. The molecule has 0 saturated heterocycles. The Labute approximate surface area is 54.3 Å². The van der Waals surface area contributed by atoms with E-state index in [1.807, 2.05) is 0 Å². The molecule has 1 aliphatic rings. The Hall–Kier alpha value is -0.400. The van der Waals surface area contributed by atoms with Crippen molar-refractivity contribution in [3.63, 3.8) is 0 Å². The minimum Gasteiger partial charge on any atom is -0.303 e. The van der Waals surface area contributed by atoms with Gasteiger partial charge in [0, 0.05) is 6.42 Å². The molecule has 0 aliphatic heterocycles. The van der Waals surface area contributed by atoms with Crippen LogP contribution < -0.4 is 0 Å². The molecule has 0 bridgehead atoms. The van der Waals surface area contributed by atoms with Gasteiger partial charge in [-0.1, -0.05) is 6.92 Å². The SMILES string of the molecule is CC(CC=O)C1(F)CC1. The van der Waals surface area contributed by atoms with Crippen molar-refractivity contribution in [2.75, 3.05) is 0 Å². The Morgan fingerprint density at radius 2 is 2.33 bits per heavy atom. The van der Waals surface area contributed by atoms with E-state index in [2.05, 4.69) is 0 Å². The van der Waals surface area contributed by atoms with Crippen LogP contribution in [0.15, 0.2) is 0 Å². The van der Waals surface area contributed by atoms with E-state index >= 15 is 0 Å². The molecule has 1 saturated carbocycles. The number of alkyl halides is 1. The van der Waals surface area contributed by atoms with Crippen LogP contribution in [-0.4, -0.2) is 12.0 Å². The first-order chi connectivity index (χ1) is 4.19. The lowest BCUT2D eigenvalue weighted by Gasteiger charge is -2.10. The zero-order valence-electron chi connectivity index (χ0n) is 5.56. The first kappa shape index (κ1) is 6.72. The Balaban J connectivity index is 2.32. The highest BCUT2D eigenvalue weighted by Crippen LogP contribution is 2.47. The highest BCUT2D eigenvalue weighted by atomic mass is 19.1. The molecule has 1 nitrogen and oxygen atoms in total. The largest absolute Gasteiger partial charge is 0.303 e. The molecule has 1 rings (SSSR count). The third kappa shape index (κ3) is 1.29. The molecule has 52 valence electrons. The van der Waals surface area contributed by atoms with Crippen LogP contribution in [0.2, 0.25) is 0 Å². The summed E-state index contributed by atoms with van der Waals surface area (Å²) in [6.45, 7) is 1.79. The average Bonchev–Trinajstić information content (AvgIpc) is 2.50. The predicted octanol–water partition coefficient (Wildman–Crippen LogP) is 1.71. The summed E-state index contributed by atoms with van der Waals surface area (Å²) < 4.78 is 12.9. The Kier molecular flexibility index (Phi) is 1.56. The molecule has 0 radical (unpaired) electrons. The summed E-state index contributed by atoms with van der Waals surface area (Å²) in [7, 11) is 0. The van der Waals surface area contributed by atoms with Gasteiger partial charge in [0.2, 0.25) is 0 Å². The van der Waals surface area contributed by atoms with E-state index in [1.165, 1.54) is 0 Å². The smallest absolute Gasteiger partial charge is 0.120 e. The van der Waals surface area contributed by atoms with Gasteiger partial charge in [0.05, 0.1) is 0 Å². The molecular formula is C7H11FO. The maximum atomic E-state index is 12.9. The van der Waals surface area contributed by atoms with E-state index in [1.54, 1.807) is 6.92 Å². The van der Waals surface area contributed by atoms with Crippen molar-refractivity contribution < 1.29 is 9.18 Å². The van der Waals surface area contributed by atoms with Gasteiger partial charge in [-0.05, 0) is 18.8 Å². The molecule has 0 aromatic rings. The Morgan fingerprint density at radius 3 is 2.67 bits per heavy atom. The van der Waals surface area contributed by atoms with Crippen LogP contribution in [0, 0.1) is 5.92 Å². The van der Waals surface area contributed by atoms with Crippen LogP contribution >= 0.6 is 0 Å². The number of hydrogen-bond acceptors (Lipinski definition) is 1. The van der Waals surface area contributed by atoms with Crippen LogP contribution in [0.25, 0.3) is 0 Å². The zero-order chi connectivity index (χ0) is 6.91. The van der Waals surface area contributed by atoms with Gasteiger partial charge in [0.15, 0.2) is 0 Å². The van der Waals surface area contributed by atoms with E-state index in [0.717, 1.165) is 6.29 Å². The molecular weight excluding hydrogens is 119 g/mol. The quantitative estimate of drug-likeness (QED) is 0.531. The van der Waals surface area contributed by atoms with Crippen molar-refractivity contribution in [3.05, 3.63) is 0 Å². The van der Waals surface area contributed by atoms with Crippen molar-refractivity contribution in [1.82, 2.24) is 0 Å². The van der Waals surface area contributed by atoms with E-state index in [0.29, 0.717) is 19.3 Å². The Morgan fingerprint density at radius 1 is 1.78 bits per heavy atom. The molecule has 0 aromatic carbocycles. The second kappa shape index (κ2) is 2.09. The van der Waals surface area contributed by atoms with Crippen molar-refractivity contribution >= 4 is 6.29 Å². The first-order valence-corrected chi connectivity index (χ1v) is 3.31. The van der Waals surface area contributed by atoms with Gasteiger partial charge in [-0.3, -0.25) is 0 Å². The molecule has 0 spiro atoms. The lowest BCUT2D eigenvalue weighted by Crippen LogP contribution is -2.13. The highest BCUT2D eigenvalue weighted by Gasteiger charge is 2.47. The van der Waals surface area contributed by atoms with Gasteiger partial charge >= 0.3 is 0 Å². The highest BCUT2D eigenvalue weighted by molar-refractivity contribution is 5.50. The van der Waals surface area contributed by atoms with E-state index in [-0.39, 0.29) is 5.92 Å². The number of carbonyl (C=O) groups excluding carboxylic acids is 1. The molecule has 0 N–H and O–H groups in total. The lowest BCUT2D eigenvalue weighted by molar-refractivity contribution is -0.109. The third-order valence-corrected chi connectivity index (χ3v) is 2.06. The van der Waals surface area contributed by atoms with Crippen LogP contribution in [0.3, 0.4) is 0 Å². The molecule has 0 amide bonds. The normalized spacial score (nSPS) is 25.1. The van der Waals surface area contributed by atoms with Gasteiger partial charge < -0.3 is 4.79 Å². The van der Waals surface area contributed by atoms with Crippen molar-refractivity contribution in [3.8, 4) is 0 Å². The molecule has 2 heteroatoms. The number of halogens is 1. The van der Waals surface area contributed by atoms with Crippen LogP contribution in [0.4, 0.5) is 4.39 Å². The number of aldehydes is 1. The zero-order valence-corrected chi connectivity index (χ0v) is 5.56. The second-order valence-electron chi connectivity index (χ2n) is 2.84. The molecule has 1 unspecified atom stereocenters. The van der Waals surface area contributed by atoms with Crippen LogP contribution in [0.5, 0.6) is 0 Å². The third-order valence-electron chi connectivity index (χ3n) is 2.06. The van der Waals surface area contributed by atoms with Crippen molar-refractivity contribution in [2.24, 2.45) is 5.92 Å². The monoisotopic (exact) mass is 130 g/mol. The molecule has 9 heavy (non-hydrogen) atoms. The summed E-state index contributed by atoms with van der Waals surface area (Å²) in [5.41, 5.74) is -0.971. The van der Waals surface area contributed by atoms with Gasteiger partial charge in [-0.25, -0.2) is 4.39 Å². The summed E-state index contributed by atoms with van der Waals surface area (Å²) in [6, 6.07) is 0. The van der Waals surface area contributed by atoms with Crippen molar-refractivity contribution in [2.45, 2.75) is 31.9 Å². The second-order valence-corrected chi connectivity index (χ2v) is 2.84. The fourth-order valence-electron chi connectivity index (χ4n) is 0.968. The van der Waals surface area contributed by atoms with Crippen LogP contribution in [0.1, 0.15) is 26.2 Å². The van der Waals surface area contributed by atoms with E-state index in [9.17, 15) is 9.18 Å². The van der Waals surface area contributed by atoms with Crippen molar-refractivity contribution in [1.29, 1.82) is 0 Å². The average molecular weight is 130 g/mol.